The number of aliphatic hydroxyl groups is 2. The van der Waals surface area contributed by atoms with Crippen molar-refractivity contribution >= 4 is 17.7 Å². The molecule has 13 nitrogen and oxygen atoms in total. The van der Waals surface area contributed by atoms with E-state index in [-0.39, 0.29) is 23.5 Å². The maximum absolute atomic E-state index is 13.5. The van der Waals surface area contributed by atoms with Crippen LogP contribution in [0.1, 0.15) is 22.3 Å². The van der Waals surface area contributed by atoms with Gasteiger partial charge in [-0.15, -0.1) is 0 Å². The van der Waals surface area contributed by atoms with Gasteiger partial charge in [-0.3, -0.25) is 4.79 Å². The topological polar surface area (TPSA) is 177 Å². The van der Waals surface area contributed by atoms with Crippen molar-refractivity contribution in [2.24, 2.45) is 0 Å². The zero-order valence-corrected chi connectivity index (χ0v) is 27.7. The predicted octanol–water partition coefficient (Wildman–Crippen LogP) is 3.65. The molecule has 13 heteroatoms. The van der Waals surface area contributed by atoms with Crippen LogP contribution < -0.4 is 18.9 Å². The van der Waals surface area contributed by atoms with Gasteiger partial charge in [-0.2, -0.15) is 0 Å². The van der Waals surface area contributed by atoms with E-state index < -0.39 is 68.2 Å². The average molecular weight is 703 g/mol. The fourth-order valence-corrected chi connectivity index (χ4v) is 5.28. The number of aryl methyl sites for hydroxylation is 1. The summed E-state index contributed by atoms with van der Waals surface area (Å²) in [5.74, 6) is -1.46. The number of ether oxygens (including phenoxy) is 7. The van der Waals surface area contributed by atoms with Crippen LogP contribution in [0.3, 0.4) is 0 Å². The number of aromatic hydroxyl groups is 1. The summed E-state index contributed by atoms with van der Waals surface area (Å²) in [6, 6.07) is 28.2. The number of phenols is 1. The fourth-order valence-electron chi connectivity index (χ4n) is 5.28. The van der Waals surface area contributed by atoms with Crippen molar-refractivity contribution in [3.63, 3.8) is 0 Å². The van der Waals surface area contributed by atoms with Gasteiger partial charge in [-0.05, 0) is 60.5 Å². The number of benzene rings is 4. The van der Waals surface area contributed by atoms with Crippen LogP contribution in [0.2, 0.25) is 0 Å². The smallest absolute Gasteiger partial charge is 0.344 e. The van der Waals surface area contributed by atoms with Crippen LogP contribution in [0.4, 0.5) is 0 Å². The molecule has 5 atom stereocenters. The van der Waals surface area contributed by atoms with Crippen molar-refractivity contribution in [2.45, 2.75) is 43.5 Å². The number of para-hydroxylation sites is 2. The predicted molar refractivity (Wildman–Crippen MR) is 180 cm³/mol. The van der Waals surface area contributed by atoms with Gasteiger partial charge in [0.1, 0.15) is 46.5 Å². The van der Waals surface area contributed by atoms with Crippen molar-refractivity contribution in [2.75, 3.05) is 26.9 Å². The number of aliphatic hydroxyl groups excluding tert-OH is 2. The van der Waals surface area contributed by atoms with Crippen LogP contribution in [-0.2, 0) is 30.2 Å². The molecule has 1 aliphatic rings. The van der Waals surface area contributed by atoms with Gasteiger partial charge in [0, 0.05) is 6.42 Å². The minimum absolute atomic E-state index is 0.0132. The van der Waals surface area contributed by atoms with Crippen LogP contribution in [-0.4, -0.2) is 90.7 Å². The van der Waals surface area contributed by atoms with E-state index in [9.17, 15) is 29.7 Å². The van der Waals surface area contributed by atoms with Crippen LogP contribution in [0.5, 0.6) is 28.7 Å². The Morgan fingerprint density at radius 2 is 1.31 bits per heavy atom. The lowest BCUT2D eigenvalue weighted by atomic mass is 9.98. The molecule has 0 amide bonds. The first kappa shape index (κ1) is 36.6. The van der Waals surface area contributed by atoms with Crippen LogP contribution in [0.25, 0.3) is 0 Å². The summed E-state index contributed by atoms with van der Waals surface area (Å²) in [7, 11) is 1.55. The van der Waals surface area contributed by atoms with Gasteiger partial charge in [-0.1, -0.05) is 54.6 Å². The molecule has 4 aromatic carbocycles. The Balaban J connectivity index is 1.38. The quantitative estimate of drug-likeness (QED) is 0.114. The number of phenolic OH excluding ortho intramolecular Hbond substituents is 1. The van der Waals surface area contributed by atoms with Gasteiger partial charge < -0.3 is 48.5 Å². The van der Waals surface area contributed by atoms with E-state index in [0.29, 0.717) is 23.7 Å². The van der Waals surface area contributed by atoms with Gasteiger partial charge >= 0.3 is 11.9 Å². The van der Waals surface area contributed by atoms with Crippen molar-refractivity contribution < 1.29 is 62.9 Å². The number of methoxy groups -OCH3 is 1. The molecule has 0 saturated carbocycles. The lowest BCUT2D eigenvalue weighted by Crippen LogP contribution is -2.63. The Morgan fingerprint density at radius 3 is 1.88 bits per heavy atom. The number of Topliss-reactive ketones (excluding diaryl/α,β-unsaturated/α-hetero) is 1. The first-order valence-electron chi connectivity index (χ1n) is 16.1. The first-order valence-corrected chi connectivity index (χ1v) is 16.1. The Hall–Kier alpha value is -5.63. The highest BCUT2D eigenvalue weighted by Crippen LogP contribution is 2.34. The van der Waals surface area contributed by atoms with Crippen molar-refractivity contribution in [3.8, 4) is 28.7 Å². The third kappa shape index (κ3) is 9.97. The van der Waals surface area contributed by atoms with Crippen LogP contribution >= 0.6 is 0 Å². The average Bonchev–Trinajstić information content (AvgIpc) is 3.15. The Kier molecular flexibility index (Phi) is 12.8. The second kappa shape index (κ2) is 17.9. The molecule has 1 aliphatic heterocycles. The van der Waals surface area contributed by atoms with Crippen LogP contribution in [0.15, 0.2) is 103 Å². The molecule has 4 aromatic rings. The number of ketones is 1. The van der Waals surface area contributed by atoms with E-state index in [1.54, 1.807) is 79.9 Å². The standard InChI is InChI=1S/C38H38O13/c1-45-25-18-15-24(16-19-25)17-20-29(41)34-28(40)13-8-14-30(34)48-38-37(51-33(43)23-47-27-11-6-3-7-12-27)36(35(44)31(21-39)49-38)50-32(42)22-46-26-9-4-2-5-10-26/h2-16,18-19,31,35-40,44H,17,20-23H2,1H3/t31-,35-,36+,37-,38-/m1/s1. The largest absolute Gasteiger partial charge is 0.507 e. The first-order chi connectivity index (χ1) is 24.7. The van der Waals surface area contributed by atoms with Crippen molar-refractivity contribution in [3.05, 3.63) is 114 Å². The molecule has 1 fully saturated rings. The molecule has 0 radical (unpaired) electrons. The highest BCUT2D eigenvalue weighted by Gasteiger charge is 2.51. The molecule has 3 N–H and O–H groups in total. The maximum atomic E-state index is 13.5. The third-order valence-electron chi connectivity index (χ3n) is 7.86. The summed E-state index contributed by atoms with van der Waals surface area (Å²) < 4.78 is 39.3. The molecule has 51 heavy (non-hydrogen) atoms. The lowest BCUT2D eigenvalue weighted by molar-refractivity contribution is -0.286. The van der Waals surface area contributed by atoms with Crippen molar-refractivity contribution in [1.82, 2.24) is 0 Å². The fraction of sp³-hybridized carbons (Fsp3) is 0.289. The Bertz CT molecular complexity index is 1730. The molecule has 1 saturated heterocycles. The summed E-state index contributed by atoms with van der Waals surface area (Å²) in [6.45, 7) is -1.90. The highest BCUT2D eigenvalue weighted by atomic mass is 16.7. The summed E-state index contributed by atoms with van der Waals surface area (Å²) in [5.41, 5.74) is 0.673. The lowest BCUT2D eigenvalue weighted by Gasteiger charge is -2.42. The zero-order chi connectivity index (χ0) is 36.2. The number of carbonyl (C=O) groups excluding carboxylic acids is 3. The summed E-state index contributed by atoms with van der Waals surface area (Å²) >= 11 is 0. The van der Waals surface area contributed by atoms with Gasteiger partial charge in [-0.25, -0.2) is 9.59 Å². The van der Waals surface area contributed by atoms with Gasteiger partial charge in [0.25, 0.3) is 0 Å². The normalized spacial score (nSPS) is 19.7. The van der Waals surface area contributed by atoms with E-state index in [1.165, 1.54) is 18.2 Å². The molecule has 0 aliphatic carbocycles. The number of hydrogen-bond acceptors (Lipinski definition) is 13. The molecule has 0 spiro atoms. The summed E-state index contributed by atoms with van der Waals surface area (Å²) in [5, 5.41) is 32.0. The second-order valence-electron chi connectivity index (χ2n) is 11.4. The number of esters is 2. The minimum Gasteiger partial charge on any atom is -0.507 e. The summed E-state index contributed by atoms with van der Waals surface area (Å²) in [6.07, 6.45) is -7.71. The zero-order valence-electron chi connectivity index (χ0n) is 27.7. The minimum atomic E-state index is -1.70. The van der Waals surface area contributed by atoms with Gasteiger partial charge in [0.2, 0.25) is 12.4 Å². The van der Waals surface area contributed by atoms with E-state index in [1.807, 2.05) is 12.1 Å². The van der Waals surface area contributed by atoms with E-state index in [2.05, 4.69) is 0 Å². The summed E-state index contributed by atoms with van der Waals surface area (Å²) in [4.78, 5) is 39.6. The maximum Gasteiger partial charge on any atom is 0.344 e. The molecular weight excluding hydrogens is 664 g/mol. The molecule has 1 heterocycles. The Labute approximate surface area is 293 Å². The Morgan fingerprint density at radius 1 is 0.725 bits per heavy atom. The highest BCUT2D eigenvalue weighted by molar-refractivity contribution is 6.01. The van der Waals surface area contributed by atoms with E-state index >= 15 is 0 Å². The van der Waals surface area contributed by atoms with Crippen molar-refractivity contribution in [1.29, 1.82) is 0 Å². The number of rotatable bonds is 16. The van der Waals surface area contributed by atoms with Gasteiger partial charge in [0.05, 0.1) is 13.7 Å². The number of carbonyl (C=O) groups is 3. The molecular formula is C38H38O13. The number of hydrogen-bond donors (Lipinski definition) is 3. The second-order valence-corrected chi connectivity index (χ2v) is 11.4. The van der Waals surface area contributed by atoms with E-state index in [4.69, 9.17) is 33.2 Å². The third-order valence-corrected chi connectivity index (χ3v) is 7.86. The monoisotopic (exact) mass is 702 g/mol. The van der Waals surface area contributed by atoms with Gasteiger partial charge in [0.15, 0.2) is 25.1 Å². The molecule has 268 valence electrons. The molecule has 0 aromatic heterocycles. The van der Waals surface area contributed by atoms with Crippen LogP contribution in [0, 0.1) is 0 Å². The van der Waals surface area contributed by atoms with E-state index in [0.717, 1.165) is 5.56 Å². The SMILES string of the molecule is COc1ccc(CCC(=O)c2c(O)cccc2O[C@@H]2O[C@H](CO)[C@@H](O)[C@H](OC(=O)COc3ccccc3)[C@H]2OC(=O)COc2ccccc2)cc1. The molecule has 0 bridgehead atoms. The molecule has 5 rings (SSSR count). The molecule has 0 unspecified atom stereocenters.